The number of para-hydroxylation sites is 1. The number of aromatic nitrogens is 1. The molecule has 0 aliphatic rings. The lowest BCUT2D eigenvalue weighted by Crippen LogP contribution is -2.35. The Labute approximate surface area is 92.6 Å². The Kier molecular flexibility index (Phi) is 2.73. The number of benzene rings is 1. The van der Waals surface area contributed by atoms with Crippen molar-refractivity contribution in [1.29, 1.82) is 0 Å². The average Bonchev–Trinajstić information content (AvgIpc) is 2.72. The standard InChI is InChI=1S/C11H14N2OS/c1-11(6-12,7-14)10-13-8-4-2-3-5-9(8)15-10/h2-5,14H,6-7,12H2,1H3. The van der Waals surface area contributed by atoms with Gasteiger partial charge < -0.3 is 10.8 Å². The molecule has 0 aliphatic carbocycles. The third-order valence-corrected chi connectivity index (χ3v) is 3.95. The van der Waals surface area contributed by atoms with E-state index in [0.29, 0.717) is 6.54 Å². The van der Waals surface area contributed by atoms with Crippen LogP contribution in [0.3, 0.4) is 0 Å². The quantitative estimate of drug-likeness (QED) is 0.827. The monoisotopic (exact) mass is 222 g/mol. The van der Waals surface area contributed by atoms with Crippen LogP contribution in [0, 0.1) is 0 Å². The number of nitrogens with zero attached hydrogens (tertiary/aromatic N) is 1. The van der Waals surface area contributed by atoms with Crippen LogP contribution in [0.25, 0.3) is 10.2 Å². The summed E-state index contributed by atoms with van der Waals surface area (Å²) in [7, 11) is 0. The summed E-state index contributed by atoms with van der Waals surface area (Å²) in [6.45, 7) is 2.37. The van der Waals surface area contributed by atoms with Gasteiger partial charge in [0.15, 0.2) is 0 Å². The summed E-state index contributed by atoms with van der Waals surface area (Å²) >= 11 is 1.60. The van der Waals surface area contributed by atoms with Gasteiger partial charge in [-0.2, -0.15) is 0 Å². The van der Waals surface area contributed by atoms with Crippen LogP contribution in [0.1, 0.15) is 11.9 Å². The molecular formula is C11H14N2OS. The second kappa shape index (κ2) is 3.89. The van der Waals surface area contributed by atoms with Gasteiger partial charge in [-0.05, 0) is 19.1 Å². The van der Waals surface area contributed by atoms with Crippen LogP contribution >= 0.6 is 11.3 Å². The van der Waals surface area contributed by atoms with Crippen LogP contribution in [0.4, 0.5) is 0 Å². The van der Waals surface area contributed by atoms with Gasteiger partial charge in [0.2, 0.25) is 0 Å². The Morgan fingerprint density at radius 2 is 2.20 bits per heavy atom. The van der Waals surface area contributed by atoms with E-state index in [1.165, 1.54) is 0 Å². The second-order valence-corrected chi connectivity index (χ2v) is 4.94. The van der Waals surface area contributed by atoms with Gasteiger partial charge in [-0.15, -0.1) is 11.3 Å². The summed E-state index contributed by atoms with van der Waals surface area (Å²) in [4.78, 5) is 4.50. The lowest BCUT2D eigenvalue weighted by molar-refractivity contribution is 0.210. The normalized spacial score (nSPS) is 15.4. The van der Waals surface area contributed by atoms with Gasteiger partial charge in [-0.1, -0.05) is 12.1 Å². The third-order valence-electron chi connectivity index (χ3n) is 2.61. The molecule has 0 amide bonds. The van der Waals surface area contributed by atoms with Crippen molar-refractivity contribution in [2.24, 2.45) is 5.73 Å². The predicted octanol–water partition coefficient (Wildman–Crippen LogP) is 1.50. The lowest BCUT2D eigenvalue weighted by Gasteiger charge is -2.21. The molecule has 80 valence electrons. The smallest absolute Gasteiger partial charge is 0.103 e. The minimum atomic E-state index is -0.413. The highest BCUT2D eigenvalue weighted by Gasteiger charge is 2.27. The first-order chi connectivity index (χ1) is 7.19. The number of fused-ring (bicyclic) bond motifs is 1. The predicted molar refractivity (Wildman–Crippen MR) is 63.1 cm³/mol. The Balaban J connectivity index is 2.52. The molecule has 0 saturated heterocycles. The molecule has 3 nitrogen and oxygen atoms in total. The van der Waals surface area contributed by atoms with E-state index < -0.39 is 5.41 Å². The molecule has 1 unspecified atom stereocenters. The number of aliphatic hydroxyl groups is 1. The molecule has 15 heavy (non-hydrogen) atoms. The molecule has 4 heteroatoms. The average molecular weight is 222 g/mol. The van der Waals surface area contributed by atoms with Crippen LogP contribution in [-0.4, -0.2) is 23.2 Å². The summed E-state index contributed by atoms with van der Waals surface area (Å²) in [5, 5.41) is 10.3. The fourth-order valence-electron chi connectivity index (χ4n) is 1.35. The zero-order chi connectivity index (χ0) is 10.9. The Morgan fingerprint density at radius 3 is 2.80 bits per heavy atom. The van der Waals surface area contributed by atoms with Gasteiger partial charge in [0.1, 0.15) is 5.01 Å². The zero-order valence-electron chi connectivity index (χ0n) is 8.60. The summed E-state index contributed by atoms with van der Waals surface area (Å²) in [6, 6.07) is 7.96. The topological polar surface area (TPSA) is 59.1 Å². The molecule has 0 spiro atoms. The first-order valence-corrected chi connectivity index (χ1v) is 5.68. The van der Waals surface area contributed by atoms with Gasteiger partial charge in [0.25, 0.3) is 0 Å². The van der Waals surface area contributed by atoms with Crippen molar-refractivity contribution in [2.75, 3.05) is 13.2 Å². The number of hydrogen-bond acceptors (Lipinski definition) is 4. The molecule has 1 atom stereocenters. The summed E-state index contributed by atoms with van der Waals surface area (Å²) in [6.07, 6.45) is 0. The van der Waals surface area contributed by atoms with Crippen molar-refractivity contribution in [3.05, 3.63) is 29.3 Å². The fraction of sp³-hybridized carbons (Fsp3) is 0.364. The van der Waals surface area contributed by atoms with Gasteiger partial charge >= 0.3 is 0 Å². The second-order valence-electron chi connectivity index (χ2n) is 3.91. The summed E-state index contributed by atoms with van der Waals surface area (Å²) in [5.41, 5.74) is 6.24. The van der Waals surface area contributed by atoms with E-state index in [-0.39, 0.29) is 6.61 Å². The molecule has 1 aromatic carbocycles. The van der Waals surface area contributed by atoms with Crippen LogP contribution in [0.5, 0.6) is 0 Å². The first-order valence-electron chi connectivity index (χ1n) is 4.86. The van der Waals surface area contributed by atoms with Crippen molar-refractivity contribution >= 4 is 21.6 Å². The molecular weight excluding hydrogens is 208 g/mol. The highest BCUT2D eigenvalue weighted by molar-refractivity contribution is 7.18. The van der Waals surface area contributed by atoms with Crippen LogP contribution in [0.2, 0.25) is 0 Å². The number of hydrogen-bond donors (Lipinski definition) is 2. The molecule has 1 heterocycles. The van der Waals surface area contributed by atoms with Crippen molar-refractivity contribution in [3.63, 3.8) is 0 Å². The minimum absolute atomic E-state index is 0.0311. The largest absolute Gasteiger partial charge is 0.395 e. The molecule has 3 N–H and O–H groups in total. The zero-order valence-corrected chi connectivity index (χ0v) is 9.42. The molecule has 0 aliphatic heterocycles. The van der Waals surface area contributed by atoms with E-state index in [2.05, 4.69) is 4.98 Å². The Hall–Kier alpha value is -0.970. The summed E-state index contributed by atoms with van der Waals surface area (Å²) in [5.74, 6) is 0. The van der Waals surface area contributed by atoms with Crippen molar-refractivity contribution in [2.45, 2.75) is 12.3 Å². The fourth-order valence-corrected chi connectivity index (χ4v) is 2.46. The number of rotatable bonds is 3. The molecule has 0 bridgehead atoms. The Bertz CT molecular complexity index is 429. The van der Waals surface area contributed by atoms with Crippen LogP contribution in [-0.2, 0) is 5.41 Å². The SMILES string of the molecule is CC(CN)(CO)c1nc2ccccc2s1. The molecule has 2 rings (SSSR count). The van der Waals surface area contributed by atoms with Crippen molar-refractivity contribution in [3.8, 4) is 0 Å². The maximum absolute atomic E-state index is 9.35. The Morgan fingerprint density at radius 1 is 1.47 bits per heavy atom. The van der Waals surface area contributed by atoms with Gasteiger partial charge in [0.05, 0.1) is 22.2 Å². The highest BCUT2D eigenvalue weighted by Crippen LogP contribution is 2.30. The molecule has 1 aromatic heterocycles. The van der Waals surface area contributed by atoms with E-state index in [1.54, 1.807) is 11.3 Å². The molecule has 2 aromatic rings. The van der Waals surface area contributed by atoms with E-state index in [4.69, 9.17) is 5.73 Å². The van der Waals surface area contributed by atoms with Crippen molar-refractivity contribution < 1.29 is 5.11 Å². The summed E-state index contributed by atoms with van der Waals surface area (Å²) < 4.78 is 1.14. The number of nitrogens with two attached hydrogens (primary N) is 1. The lowest BCUT2D eigenvalue weighted by atomic mass is 9.93. The van der Waals surface area contributed by atoms with Crippen molar-refractivity contribution in [1.82, 2.24) is 4.98 Å². The molecule has 0 radical (unpaired) electrons. The van der Waals surface area contributed by atoms with Gasteiger partial charge in [-0.3, -0.25) is 0 Å². The molecule has 0 fully saturated rings. The number of thiazole rings is 1. The van der Waals surface area contributed by atoms with E-state index in [0.717, 1.165) is 15.2 Å². The van der Waals surface area contributed by atoms with Crippen LogP contribution < -0.4 is 5.73 Å². The molecule has 0 saturated carbocycles. The maximum atomic E-state index is 9.35. The minimum Gasteiger partial charge on any atom is -0.395 e. The first kappa shape index (κ1) is 10.5. The van der Waals surface area contributed by atoms with E-state index >= 15 is 0 Å². The third kappa shape index (κ3) is 1.76. The number of aliphatic hydroxyl groups excluding tert-OH is 1. The van der Waals surface area contributed by atoms with E-state index in [9.17, 15) is 5.11 Å². The maximum Gasteiger partial charge on any atom is 0.103 e. The van der Waals surface area contributed by atoms with E-state index in [1.807, 2.05) is 31.2 Å². The van der Waals surface area contributed by atoms with Gasteiger partial charge in [-0.25, -0.2) is 4.98 Å². The highest BCUT2D eigenvalue weighted by atomic mass is 32.1. The van der Waals surface area contributed by atoms with Crippen LogP contribution in [0.15, 0.2) is 24.3 Å². The van der Waals surface area contributed by atoms with Gasteiger partial charge in [0, 0.05) is 6.54 Å².